The zero-order valence-electron chi connectivity index (χ0n) is 9.10. The first-order chi connectivity index (χ1) is 8.28. The SMILES string of the molecule is [N-]=[N+]=Nc1nnc(N2C[C@H]3CC[C@@H](C2)[C@@H]3O)s1. The van der Waals surface area contributed by atoms with Crippen LogP contribution in [-0.2, 0) is 0 Å². The number of nitrogens with zero attached hydrogens (tertiary/aromatic N) is 6. The molecule has 1 aromatic rings. The summed E-state index contributed by atoms with van der Waals surface area (Å²) < 4.78 is 0. The number of rotatable bonds is 2. The molecule has 1 aliphatic heterocycles. The van der Waals surface area contributed by atoms with E-state index in [9.17, 15) is 5.11 Å². The molecule has 1 aromatic heterocycles. The maximum absolute atomic E-state index is 9.94. The molecule has 90 valence electrons. The van der Waals surface area contributed by atoms with Crippen LogP contribution in [0.3, 0.4) is 0 Å². The second-order valence-electron chi connectivity index (χ2n) is 4.55. The molecule has 1 aliphatic carbocycles. The summed E-state index contributed by atoms with van der Waals surface area (Å²) in [5.74, 6) is 0.695. The second kappa shape index (κ2) is 4.14. The normalized spacial score (nSPS) is 31.4. The number of azide groups is 1. The first-order valence-corrected chi connectivity index (χ1v) is 6.41. The summed E-state index contributed by atoms with van der Waals surface area (Å²) in [6.07, 6.45) is 2.02. The van der Waals surface area contributed by atoms with Gasteiger partial charge in [-0.05, 0) is 23.5 Å². The van der Waals surface area contributed by atoms with Gasteiger partial charge in [0.2, 0.25) is 10.3 Å². The minimum absolute atomic E-state index is 0.157. The van der Waals surface area contributed by atoms with Gasteiger partial charge in [0.25, 0.3) is 0 Å². The van der Waals surface area contributed by atoms with Gasteiger partial charge in [-0.25, -0.2) is 0 Å². The molecule has 0 unspecified atom stereocenters. The van der Waals surface area contributed by atoms with Crippen molar-refractivity contribution in [2.75, 3.05) is 18.0 Å². The molecule has 0 aromatic carbocycles. The lowest BCUT2D eigenvalue weighted by Gasteiger charge is -2.34. The van der Waals surface area contributed by atoms with Crippen molar-refractivity contribution in [2.45, 2.75) is 18.9 Å². The highest BCUT2D eigenvalue weighted by molar-refractivity contribution is 7.18. The Balaban J connectivity index is 1.79. The van der Waals surface area contributed by atoms with E-state index in [0.29, 0.717) is 17.0 Å². The van der Waals surface area contributed by atoms with E-state index in [1.807, 2.05) is 0 Å². The Morgan fingerprint density at radius 1 is 1.35 bits per heavy atom. The van der Waals surface area contributed by atoms with E-state index in [4.69, 9.17) is 5.53 Å². The molecule has 0 radical (unpaired) electrons. The average molecular weight is 252 g/mol. The van der Waals surface area contributed by atoms with Crippen LogP contribution >= 0.6 is 11.3 Å². The van der Waals surface area contributed by atoms with Gasteiger partial charge >= 0.3 is 0 Å². The van der Waals surface area contributed by atoms with Crippen LogP contribution in [0.2, 0.25) is 0 Å². The maximum atomic E-state index is 9.94. The van der Waals surface area contributed by atoms with E-state index in [2.05, 4.69) is 25.1 Å². The Bertz CT molecular complexity index is 456. The van der Waals surface area contributed by atoms with Gasteiger partial charge in [-0.15, -0.1) is 10.2 Å². The summed E-state index contributed by atoms with van der Waals surface area (Å²) in [7, 11) is 0. The minimum atomic E-state index is -0.157. The lowest BCUT2D eigenvalue weighted by molar-refractivity contribution is 0.0792. The van der Waals surface area contributed by atoms with E-state index >= 15 is 0 Å². The number of aromatic nitrogens is 2. The smallest absolute Gasteiger partial charge is 0.208 e. The quantitative estimate of drug-likeness (QED) is 0.492. The number of aliphatic hydroxyl groups excluding tert-OH is 1. The molecular formula is C9H12N6OS. The monoisotopic (exact) mass is 252 g/mol. The van der Waals surface area contributed by atoms with Gasteiger partial charge in [0.05, 0.1) is 6.10 Å². The topological polar surface area (TPSA) is 98.0 Å². The third-order valence-corrected chi connectivity index (χ3v) is 4.46. The molecule has 2 aliphatic rings. The third-order valence-electron chi connectivity index (χ3n) is 3.59. The molecule has 0 amide bonds. The number of hydrogen-bond acceptors (Lipinski definition) is 6. The molecule has 2 bridgehead atoms. The van der Waals surface area contributed by atoms with Crippen LogP contribution in [0.4, 0.5) is 10.3 Å². The van der Waals surface area contributed by atoms with Gasteiger partial charge in [0.1, 0.15) is 0 Å². The molecule has 2 heterocycles. The van der Waals surface area contributed by atoms with Gasteiger partial charge in [0.15, 0.2) is 0 Å². The van der Waals surface area contributed by atoms with Crippen LogP contribution in [0.1, 0.15) is 12.8 Å². The molecule has 3 atom stereocenters. The Hall–Kier alpha value is -1.37. The number of aliphatic hydroxyl groups is 1. The van der Waals surface area contributed by atoms with Crippen molar-refractivity contribution in [1.29, 1.82) is 0 Å². The highest BCUT2D eigenvalue weighted by atomic mass is 32.1. The predicted molar refractivity (Wildman–Crippen MR) is 63.1 cm³/mol. The van der Waals surface area contributed by atoms with E-state index in [1.165, 1.54) is 11.3 Å². The van der Waals surface area contributed by atoms with E-state index in [0.717, 1.165) is 31.1 Å². The van der Waals surface area contributed by atoms with Gasteiger partial charge in [0, 0.05) is 29.8 Å². The Kier molecular flexibility index (Phi) is 2.62. The molecule has 8 heteroatoms. The molecule has 7 nitrogen and oxygen atoms in total. The highest BCUT2D eigenvalue weighted by Gasteiger charge is 2.41. The van der Waals surface area contributed by atoms with E-state index in [-0.39, 0.29) is 6.10 Å². The zero-order chi connectivity index (χ0) is 11.8. The fourth-order valence-corrected chi connectivity index (χ4v) is 3.45. The van der Waals surface area contributed by atoms with Crippen molar-refractivity contribution in [3.63, 3.8) is 0 Å². The Morgan fingerprint density at radius 2 is 2.06 bits per heavy atom. The highest BCUT2D eigenvalue weighted by Crippen LogP contribution is 2.39. The first-order valence-electron chi connectivity index (χ1n) is 5.59. The molecule has 0 spiro atoms. The van der Waals surface area contributed by atoms with Gasteiger partial charge in [-0.1, -0.05) is 11.3 Å². The van der Waals surface area contributed by atoms with Crippen LogP contribution in [0.5, 0.6) is 0 Å². The maximum Gasteiger partial charge on any atom is 0.208 e. The summed E-state index contributed by atoms with van der Waals surface area (Å²) in [5.41, 5.74) is 8.32. The van der Waals surface area contributed by atoms with Gasteiger partial charge < -0.3 is 10.0 Å². The molecule has 3 rings (SSSR count). The van der Waals surface area contributed by atoms with Crippen LogP contribution in [0, 0.1) is 11.8 Å². The molecular weight excluding hydrogens is 240 g/mol. The standard InChI is InChI=1S/C9H12N6OS/c10-14-12-8-11-13-9(17-8)15-3-5-1-2-6(4-15)7(5)16/h5-7,16H,1-4H2/t5-,6+,7-. The third kappa shape index (κ3) is 1.84. The lowest BCUT2D eigenvalue weighted by Crippen LogP contribution is -2.44. The number of fused-ring (bicyclic) bond motifs is 2. The van der Waals surface area contributed by atoms with Crippen LogP contribution in [0.25, 0.3) is 10.4 Å². The molecule has 17 heavy (non-hydrogen) atoms. The van der Waals surface area contributed by atoms with Crippen LogP contribution in [-0.4, -0.2) is 34.5 Å². The molecule has 1 saturated heterocycles. The number of anilines is 1. The van der Waals surface area contributed by atoms with Crippen molar-refractivity contribution in [3.05, 3.63) is 10.4 Å². The molecule has 2 fully saturated rings. The summed E-state index contributed by atoms with van der Waals surface area (Å²) in [5, 5.41) is 22.4. The zero-order valence-corrected chi connectivity index (χ0v) is 9.92. The fraction of sp³-hybridized carbons (Fsp3) is 0.778. The van der Waals surface area contributed by atoms with E-state index < -0.39 is 0 Å². The summed E-state index contributed by atoms with van der Waals surface area (Å²) >= 11 is 1.30. The number of hydrogen-bond donors (Lipinski definition) is 1. The summed E-state index contributed by atoms with van der Waals surface area (Å²) in [4.78, 5) is 4.84. The molecule has 1 N–H and O–H groups in total. The second-order valence-corrected chi connectivity index (χ2v) is 5.48. The van der Waals surface area contributed by atoms with E-state index in [1.54, 1.807) is 0 Å². The van der Waals surface area contributed by atoms with Crippen LogP contribution < -0.4 is 4.90 Å². The minimum Gasteiger partial charge on any atom is -0.392 e. The fourth-order valence-electron chi connectivity index (χ4n) is 2.76. The largest absolute Gasteiger partial charge is 0.392 e. The Labute approximate surface area is 102 Å². The van der Waals surface area contributed by atoms with Gasteiger partial charge in [-0.3, -0.25) is 0 Å². The first kappa shape index (κ1) is 10.8. The predicted octanol–water partition coefficient (Wildman–Crippen LogP) is 1.69. The van der Waals surface area contributed by atoms with Crippen LogP contribution in [0.15, 0.2) is 5.11 Å². The number of piperidine rings is 1. The van der Waals surface area contributed by atoms with Crippen molar-refractivity contribution >= 4 is 21.6 Å². The lowest BCUT2D eigenvalue weighted by atomic mass is 9.96. The Morgan fingerprint density at radius 3 is 2.71 bits per heavy atom. The van der Waals surface area contributed by atoms with Crippen molar-refractivity contribution < 1.29 is 5.11 Å². The molecule has 1 saturated carbocycles. The van der Waals surface area contributed by atoms with Crippen molar-refractivity contribution in [2.24, 2.45) is 17.0 Å². The summed E-state index contributed by atoms with van der Waals surface area (Å²) in [6.45, 7) is 1.64. The van der Waals surface area contributed by atoms with Crippen molar-refractivity contribution in [1.82, 2.24) is 10.2 Å². The van der Waals surface area contributed by atoms with Gasteiger partial charge in [-0.2, -0.15) is 0 Å². The van der Waals surface area contributed by atoms with Crippen molar-refractivity contribution in [3.8, 4) is 0 Å². The summed E-state index contributed by atoms with van der Waals surface area (Å²) in [6, 6.07) is 0. The average Bonchev–Trinajstić information content (AvgIpc) is 2.83.